The maximum Gasteiger partial charge on any atom is 0.494 e. The number of pyridine rings is 2. The van der Waals surface area contributed by atoms with Crippen LogP contribution < -0.4 is 32.0 Å². The quantitative estimate of drug-likeness (QED) is 0.110. The predicted octanol–water partition coefficient (Wildman–Crippen LogP) is 7.89. The van der Waals surface area contributed by atoms with Crippen LogP contribution in [0.1, 0.15) is 91.7 Å². The summed E-state index contributed by atoms with van der Waals surface area (Å²) in [5.74, 6) is -0.490. The van der Waals surface area contributed by atoms with Crippen LogP contribution in [0, 0.1) is 0 Å². The molecule has 0 radical (unpaired) electrons. The number of rotatable bonds is 11. The Morgan fingerprint density at radius 1 is 0.609 bits per heavy atom. The second kappa shape index (κ2) is 18.5. The molecule has 4 N–H and O–H groups in total. The van der Waals surface area contributed by atoms with Crippen LogP contribution in [-0.4, -0.2) is 72.1 Å². The van der Waals surface area contributed by atoms with Crippen LogP contribution >= 0.6 is 0 Å². The lowest BCUT2D eigenvalue weighted by Crippen LogP contribution is -2.41. The minimum absolute atomic E-state index is 0.0145. The van der Waals surface area contributed by atoms with E-state index < -0.39 is 31.4 Å². The topological polar surface area (TPSA) is 156 Å². The Bertz CT molecular complexity index is 2610. The number of carbonyl (C=O) groups excluding carboxylic acids is 2. The van der Waals surface area contributed by atoms with Gasteiger partial charge >= 0.3 is 14.2 Å². The first-order chi connectivity index (χ1) is 30.3. The summed E-state index contributed by atoms with van der Waals surface area (Å²) in [7, 11) is 0.631. The SMILES string of the molecule is CCC(C(=O)Nc1ccc2cnccc2c1)c1ccc(B2OC(C)(C)C(C)(C)O2)cc1.COc1ccc(B2OC(C)(C)C(C)(C)O2)cc1C(CN)C(=O)Nc1ccc2cnccc2c1. The van der Waals surface area contributed by atoms with Crippen LogP contribution in [0.2, 0.25) is 0 Å². The summed E-state index contributed by atoms with van der Waals surface area (Å²) in [6, 6.07) is 29.0. The number of nitrogens with zero attached hydrogens (tertiary/aromatic N) is 2. The molecule has 2 saturated heterocycles. The molecule has 2 aliphatic heterocycles. The fourth-order valence-corrected chi connectivity index (χ4v) is 7.74. The molecule has 4 aromatic carbocycles. The highest BCUT2D eigenvalue weighted by Crippen LogP contribution is 2.38. The molecule has 8 rings (SSSR count). The number of hydrogen-bond acceptors (Lipinski definition) is 10. The van der Waals surface area contributed by atoms with Crippen molar-refractivity contribution in [3.05, 3.63) is 127 Å². The molecule has 2 aromatic heterocycles. The van der Waals surface area contributed by atoms with Crippen LogP contribution in [0.15, 0.2) is 116 Å². The van der Waals surface area contributed by atoms with Crippen molar-refractivity contribution in [1.82, 2.24) is 9.97 Å². The van der Waals surface area contributed by atoms with E-state index in [2.05, 4.69) is 20.6 Å². The zero-order valence-electron chi connectivity index (χ0n) is 38.5. The molecule has 2 atom stereocenters. The molecule has 0 aliphatic carbocycles. The first-order valence-corrected chi connectivity index (χ1v) is 21.8. The Morgan fingerprint density at radius 2 is 1.06 bits per heavy atom. The van der Waals surface area contributed by atoms with Gasteiger partial charge in [-0.2, -0.15) is 0 Å². The maximum atomic E-state index is 13.3. The van der Waals surface area contributed by atoms with Crippen molar-refractivity contribution in [2.45, 2.75) is 103 Å². The third-order valence-electron chi connectivity index (χ3n) is 13.1. The van der Waals surface area contributed by atoms with Crippen LogP contribution in [0.4, 0.5) is 11.4 Å². The zero-order valence-corrected chi connectivity index (χ0v) is 38.5. The van der Waals surface area contributed by atoms with Gasteiger partial charge in [0, 0.05) is 59.0 Å². The van der Waals surface area contributed by atoms with Crippen LogP contribution in [0.5, 0.6) is 5.75 Å². The summed E-state index contributed by atoms with van der Waals surface area (Å²) >= 11 is 0. The molecule has 64 heavy (non-hydrogen) atoms. The number of fused-ring (bicyclic) bond motifs is 2. The number of ether oxygens (including phenoxy) is 1. The van der Waals surface area contributed by atoms with E-state index in [1.807, 2.05) is 160 Å². The van der Waals surface area contributed by atoms with Crippen molar-refractivity contribution in [3.8, 4) is 5.75 Å². The van der Waals surface area contributed by atoms with Gasteiger partial charge in [-0.3, -0.25) is 19.6 Å². The number of anilines is 2. The largest absolute Gasteiger partial charge is 0.496 e. The average molecular weight is 864 g/mol. The number of hydrogen-bond donors (Lipinski definition) is 3. The molecule has 6 aromatic rings. The molecule has 0 saturated carbocycles. The first-order valence-electron chi connectivity index (χ1n) is 21.8. The lowest BCUT2D eigenvalue weighted by Gasteiger charge is -2.32. The van der Waals surface area contributed by atoms with E-state index in [4.69, 9.17) is 29.1 Å². The molecule has 0 spiro atoms. The normalized spacial score (nSPS) is 17.9. The second-order valence-corrected chi connectivity index (χ2v) is 18.4. The minimum Gasteiger partial charge on any atom is -0.496 e. The maximum absolute atomic E-state index is 13.3. The van der Waals surface area contributed by atoms with Gasteiger partial charge in [0.05, 0.1) is 41.3 Å². The molecule has 332 valence electrons. The Hall–Kier alpha value is -5.63. The lowest BCUT2D eigenvalue weighted by atomic mass is 9.77. The van der Waals surface area contributed by atoms with E-state index in [1.165, 1.54) is 0 Å². The Morgan fingerprint density at radius 3 is 1.52 bits per heavy atom. The first kappa shape index (κ1) is 46.4. The van der Waals surface area contributed by atoms with E-state index in [1.54, 1.807) is 25.7 Å². The van der Waals surface area contributed by atoms with Gasteiger partial charge in [-0.15, -0.1) is 0 Å². The van der Waals surface area contributed by atoms with E-state index >= 15 is 0 Å². The zero-order chi connectivity index (χ0) is 46.0. The number of amides is 2. The molecule has 0 bridgehead atoms. The summed E-state index contributed by atoms with van der Waals surface area (Å²) in [5, 5.41) is 10.1. The van der Waals surface area contributed by atoms with Crippen molar-refractivity contribution < 1.29 is 32.9 Å². The predicted molar refractivity (Wildman–Crippen MR) is 256 cm³/mol. The van der Waals surface area contributed by atoms with Gasteiger partial charge in [0.1, 0.15) is 5.75 Å². The number of nitrogens with two attached hydrogens (primary N) is 1. The molecule has 2 unspecified atom stereocenters. The number of methoxy groups -OCH3 is 1. The van der Waals surface area contributed by atoms with Gasteiger partial charge in [0.15, 0.2) is 0 Å². The van der Waals surface area contributed by atoms with Gasteiger partial charge in [-0.25, -0.2) is 0 Å². The smallest absolute Gasteiger partial charge is 0.494 e. The fourth-order valence-electron chi connectivity index (χ4n) is 7.74. The molecule has 2 aliphatic rings. The standard InChI is InChI=1S/C25H30BN3O4.C25H29BN2O3/c1-24(2)25(3,4)33-26(32-24)18-7-9-22(31-5)20(13-18)21(14-27)23(30)29-19-8-6-17-15-28-11-10-16(17)12-19;1-6-22(23(29)28-21-12-9-19-16-27-14-13-18(19)15-21)17-7-10-20(11-8-17)26-30-24(2,3)25(4,5)31-26/h6-13,15,21H,14,27H2,1-5H3,(H,29,30);7-16,22H,6H2,1-5H3,(H,28,29). The van der Waals surface area contributed by atoms with Crippen molar-refractivity contribution in [3.63, 3.8) is 0 Å². The number of benzene rings is 4. The summed E-state index contributed by atoms with van der Waals surface area (Å²) in [6.45, 7) is 18.3. The van der Waals surface area contributed by atoms with Crippen LogP contribution in [0.3, 0.4) is 0 Å². The highest BCUT2D eigenvalue weighted by atomic mass is 16.7. The molecule has 14 heteroatoms. The van der Waals surface area contributed by atoms with Gasteiger partial charge < -0.3 is 39.7 Å². The molecule has 4 heterocycles. The second-order valence-electron chi connectivity index (χ2n) is 18.4. The van der Waals surface area contributed by atoms with E-state index in [9.17, 15) is 9.59 Å². The van der Waals surface area contributed by atoms with Gasteiger partial charge in [-0.05, 0) is 132 Å². The average Bonchev–Trinajstić information content (AvgIpc) is 3.63. The summed E-state index contributed by atoms with van der Waals surface area (Å²) in [6.07, 6.45) is 7.79. The van der Waals surface area contributed by atoms with Crippen molar-refractivity contribution in [2.24, 2.45) is 5.73 Å². The Balaban J connectivity index is 0.000000192. The van der Waals surface area contributed by atoms with E-state index in [0.717, 1.165) is 43.7 Å². The third-order valence-corrected chi connectivity index (χ3v) is 13.1. The van der Waals surface area contributed by atoms with E-state index in [-0.39, 0.29) is 35.5 Å². The summed E-state index contributed by atoms with van der Waals surface area (Å²) < 4.78 is 30.2. The Labute approximate surface area is 377 Å². The van der Waals surface area contributed by atoms with Crippen molar-refractivity contribution in [2.75, 3.05) is 24.3 Å². The number of aromatic nitrogens is 2. The highest BCUT2D eigenvalue weighted by Gasteiger charge is 2.53. The monoisotopic (exact) mass is 863 g/mol. The highest BCUT2D eigenvalue weighted by molar-refractivity contribution is 6.62. The lowest BCUT2D eigenvalue weighted by molar-refractivity contribution is -0.118. The van der Waals surface area contributed by atoms with Crippen LogP contribution in [-0.2, 0) is 28.2 Å². The van der Waals surface area contributed by atoms with Crippen molar-refractivity contribution >= 4 is 69.9 Å². The summed E-state index contributed by atoms with van der Waals surface area (Å²) in [5.41, 5.74) is 9.31. The minimum atomic E-state index is -0.615. The number of carbonyl (C=O) groups is 2. The van der Waals surface area contributed by atoms with Crippen LogP contribution in [0.25, 0.3) is 21.5 Å². The molecular formula is C50H59B2N5O7. The Kier molecular flexibility index (Phi) is 13.4. The molecule has 12 nitrogen and oxygen atoms in total. The van der Waals surface area contributed by atoms with Gasteiger partial charge in [0.25, 0.3) is 0 Å². The third kappa shape index (κ3) is 9.72. The van der Waals surface area contributed by atoms with E-state index in [0.29, 0.717) is 23.4 Å². The fraction of sp³-hybridized carbons (Fsp3) is 0.360. The number of nitrogens with one attached hydrogen (secondary N) is 2. The molecule has 2 amide bonds. The summed E-state index contributed by atoms with van der Waals surface area (Å²) in [4.78, 5) is 34.5. The van der Waals surface area contributed by atoms with Gasteiger partial charge in [-0.1, -0.05) is 55.5 Å². The molecular weight excluding hydrogens is 804 g/mol. The molecule has 2 fully saturated rings. The van der Waals surface area contributed by atoms with Crippen molar-refractivity contribution in [1.29, 1.82) is 0 Å². The van der Waals surface area contributed by atoms with Gasteiger partial charge in [0.2, 0.25) is 11.8 Å².